The summed E-state index contributed by atoms with van der Waals surface area (Å²) in [6, 6.07) is 9.98. The molecular weight excluding hydrogens is 278 g/mol. The first-order valence-electron chi connectivity index (χ1n) is 5.71. The molecule has 0 fully saturated rings. The van der Waals surface area contributed by atoms with Crippen molar-refractivity contribution in [1.82, 2.24) is 0 Å². The van der Waals surface area contributed by atoms with Gasteiger partial charge in [-0.3, -0.25) is 0 Å². The smallest absolute Gasteiger partial charge is 0.137 e. The number of allylic oxidation sites excluding steroid dienone is 2. The van der Waals surface area contributed by atoms with E-state index in [1.807, 2.05) is 36.4 Å². The van der Waals surface area contributed by atoms with Crippen LogP contribution in [0.15, 0.2) is 42.2 Å². The zero-order valence-corrected chi connectivity index (χ0v) is 11.8. The molecule has 1 rings (SSSR count). The van der Waals surface area contributed by atoms with E-state index >= 15 is 0 Å². The van der Waals surface area contributed by atoms with Gasteiger partial charge in [0.05, 0.1) is 5.71 Å². The molecule has 0 radical (unpaired) electrons. The molecule has 0 aliphatic rings. The quantitative estimate of drug-likeness (QED) is 0.474. The maximum absolute atomic E-state index is 7.67. The molecule has 0 amide bonds. The van der Waals surface area contributed by atoms with Gasteiger partial charge in [-0.2, -0.15) is 0 Å². The van der Waals surface area contributed by atoms with Gasteiger partial charge in [-0.1, -0.05) is 53.2 Å². The van der Waals surface area contributed by atoms with E-state index < -0.39 is 0 Å². The van der Waals surface area contributed by atoms with Crippen LogP contribution in [-0.2, 0) is 11.3 Å². The number of alkyl halides is 1. The molecule has 2 nitrogen and oxygen atoms in total. The second kappa shape index (κ2) is 7.28. The number of hydrogen-bond acceptors (Lipinski definition) is 2. The summed E-state index contributed by atoms with van der Waals surface area (Å²) in [5, 5.41) is 7.67. The number of halogens is 1. The zero-order chi connectivity index (χ0) is 12.7. The second-order valence-electron chi connectivity index (χ2n) is 3.85. The third kappa shape index (κ3) is 5.18. The van der Waals surface area contributed by atoms with Crippen molar-refractivity contribution in [2.75, 3.05) is 0 Å². The first-order valence-corrected chi connectivity index (χ1v) is 6.63. The molecule has 0 heterocycles. The van der Waals surface area contributed by atoms with Crippen LogP contribution in [0.4, 0.5) is 0 Å². The summed E-state index contributed by atoms with van der Waals surface area (Å²) in [7, 11) is 0. The van der Waals surface area contributed by atoms with Crippen LogP contribution in [0.5, 0.6) is 0 Å². The molecule has 0 bridgehead atoms. The molecule has 0 aliphatic carbocycles. The maximum atomic E-state index is 7.67. The summed E-state index contributed by atoms with van der Waals surface area (Å²) < 4.78 is 5.67. The SMILES string of the molecule is CCC(Br)C=C(OCc1ccccc1)C(C)=N. The van der Waals surface area contributed by atoms with Crippen molar-refractivity contribution in [3.8, 4) is 0 Å². The van der Waals surface area contributed by atoms with E-state index in [-0.39, 0.29) is 4.83 Å². The lowest BCUT2D eigenvalue weighted by Crippen LogP contribution is -2.05. The molecule has 1 aromatic carbocycles. The van der Waals surface area contributed by atoms with Crippen molar-refractivity contribution >= 4 is 21.6 Å². The van der Waals surface area contributed by atoms with Gasteiger partial charge in [0.15, 0.2) is 0 Å². The van der Waals surface area contributed by atoms with Crippen molar-refractivity contribution in [1.29, 1.82) is 5.41 Å². The fourth-order valence-corrected chi connectivity index (χ4v) is 1.54. The molecule has 0 saturated carbocycles. The molecule has 0 aromatic heterocycles. The minimum absolute atomic E-state index is 0.258. The predicted molar refractivity (Wildman–Crippen MR) is 75.7 cm³/mol. The largest absolute Gasteiger partial charge is 0.487 e. The van der Waals surface area contributed by atoms with E-state index in [0.717, 1.165) is 12.0 Å². The lowest BCUT2D eigenvalue weighted by Gasteiger charge is -2.11. The summed E-state index contributed by atoms with van der Waals surface area (Å²) in [5.41, 5.74) is 1.57. The van der Waals surface area contributed by atoms with Crippen LogP contribution in [-0.4, -0.2) is 10.5 Å². The number of rotatable bonds is 6. The van der Waals surface area contributed by atoms with Crippen LogP contribution in [0.3, 0.4) is 0 Å². The third-order valence-corrected chi connectivity index (χ3v) is 3.24. The standard InChI is InChI=1S/C14H18BrNO/c1-3-13(15)9-14(11(2)16)17-10-12-7-5-4-6-8-12/h4-9,13,16H,3,10H2,1-2H3. The molecule has 1 aromatic rings. The van der Waals surface area contributed by atoms with E-state index in [0.29, 0.717) is 18.1 Å². The average molecular weight is 296 g/mol. The molecule has 3 heteroatoms. The van der Waals surface area contributed by atoms with E-state index in [1.54, 1.807) is 6.92 Å². The van der Waals surface area contributed by atoms with Gasteiger partial charge in [0.25, 0.3) is 0 Å². The van der Waals surface area contributed by atoms with Crippen LogP contribution in [0.25, 0.3) is 0 Å². The second-order valence-corrected chi connectivity index (χ2v) is 5.03. The predicted octanol–water partition coefficient (Wildman–Crippen LogP) is 4.30. The Morgan fingerprint density at radius 1 is 1.41 bits per heavy atom. The first kappa shape index (κ1) is 14.0. The summed E-state index contributed by atoms with van der Waals surface area (Å²) in [5.74, 6) is 0.651. The van der Waals surface area contributed by atoms with Crippen molar-refractivity contribution in [2.24, 2.45) is 0 Å². The van der Waals surface area contributed by atoms with Crippen LogP contribution in [0.2, 0.25) is 0 Å². The minimum Gasteiger partial charge on any atom is -0.487 e. The molecule has 0 spiro atoms. The molecule has 92 valence electrons. The number of benzene rings is 1. The maximum Gasteiger partial charge on any atom is 0.137 e. The zero-order valence-electron chi connectivity index (χ0n) is 10.2. The Morgan fingerprint density at radius 3 is 2.59 bits per heavy atom. The summed E-state index contributed by atoms with van der Waals surface area (Å²) in [6.07, 6.45) is 2.93. The summed E-state index contributed by atoms with van der Waals surface area (Å²) >= 11 is 3.52. The molecule has 0 saturated heterocycles. The van der Waals surface area contributed by atoms with Crippen molar-refractivity contribution < 1.29 is 4.74 Å². The Balaban J connectivity index is 2.63. The highest BCUT2D eigenvalue weighted by atomic mass is 79.9. The van der Waals surface area contributed by atoms with Gasteiger partial charge in [0.1, 0.15) is 12.4 Å². The molecular formula is C14H18BrNO. The normalized spacial score (nSPS) is 13.2. The van der Waals surface area contributed by atoms with Gasteiger partial charge in [-0.15, -0.1) is 0 Å². The van der Waals surface area contributed by atoms with Crippen molar-refractivity contribution in [3.63, 3.8) is 0 Å². The molecule has 1 unspecified atom stereocenters. The Bertz CT molecular complexity index is 386. The van der Waals surface area contributed by atoms with Crippen LogP contribution >= 0.6 is 15.9 Å². The molecule has 1 atom stereocenters. The van der Waals surface area contributed by atoms with Gasteiger partial charge in [-0.05, 0) is 25.0 Å². The topological polar surface area (TPSA) is 33.1 Å². The van der Waals surface area contributed by atoms with Gasteiger partial charge >= 0.3 is 0 Å². The Kier molecular flexibility index (Phi) is 5.98. The fourth-order valence-electron chi connectivity index (χ4n) is 1.30. The number of nitrogens with one attached hydrogen (secondary N) is 1. The highest BCUT2D eigenvalue weighted by Crippen LogP contribution is 2.13. The Morgan fingerprint density at radius 2 is 2.06 bits per heavy atom. The Hall–Kier alpha value is -1.09. The van der Waals surface area contributed by atoms with E-state index in [9.17, 15) is 0 Å². The fraction of sp³-hybridized carbons (Fsp3) is 0.357. The van der Waals surface area contributed by atoms with Gasteiger partial charge in [-0.25, -0.2) is 0 Å². The summed E-state index contributed by atoms with van der Waals surface area (Å²) in [6.45, 7) is 4.34. The van der Waals surface area contributed by atoms with Crippen LogP contribution < -0.4 is 0 Å². The van der Waals surface area contributed by atoms with Crippen molar-refractivity contribution in [2.45, 2.75) is 31.7 Å². The average Bonchev–Trinajstić information content (AvgIpc) is 2.35. The van der Waals surface area contributed by atoms with Crippen LogP contribution in [0, 0.1) is 5.41 Å². The van der Waals surface area contributed by atoms with Gasteiger partial charge < -0.3 is 10.1 Å². The van der Waals surface area contributed by atoms with E-state index in [2.05, 4.69) is 22.9 Å². The van der Waals surface area contributed by atoms with E-state index in [1.165, 1.54) is 0 Å². The Labute approximate surface area is 111 Å². The van der Waals surface area contributed by atoms with Crippen LogP contribution in [0.1, 0.15) is 25.8 Å². The highest BCUT2D eigenvalue weighted by Gasteiger charge is 2.05. The van der Waals surface area contributed by atoms with Gasteiger partial charge in [0, 0.05) is 4.83 Å². The number of ether oxygens (including phenoxy) is 1. The van der Waals surface area contributed by atoms with Crippen molar-refractivity contribution in [3.05, 3.63) is 47.7 Å². The number of hydrogen-bond donors (Lipinski definition) is 1. The monoisotopic (exact) mass is 295 g/mol. The lowest BCUT2D eigenvalue weighted by molar-refractivity contribution is 0.216. The molecule has 0 aliphatic heterocycles. The molecule has 1 N–H and O–H groups in total. The van der Waals surface area contributed by atoms with E-state index in [4.69, 9.17) is 10.1 Å². The minimum atomic E-state index is 0.258. The van der Waals surface area contributed by atoms with Gasteiger partial charge in [0.2, 0.25) is 0 Å². The first-order chi connectivity index (χ1) is 8.13. The lowest BCUT2D eigenvalue weighted by atomic mass is 10.2. The highest BCUT2D eigenvalue weighted by molar-refractivity contribution is 9.09. The summed E-state index contributed by atoms with van der Waals surface area (Å²) in [4.78, 5) is 0.258. The third-order valence-electron chi connectivity index (χ3n) is 2.33. The molecule has 17 heavy (non-hydrogen) atoms.